The predicted molar refractivity (Wildman–Crippen MR) is 134 cm³/mol. The fourth-order valence-electron chi connectivity index (χ4n) is 3.03. The Morgan fingerprint density at radius 3 is 2.17 bits per heavy atom. The van der Waals surface area contributed by atoms with Gasteiger partial charge in [-0.2, -0.15) is 0 Å². The lowest BCUT2D eigenvalue weighted by Gasteiger charge is -2.17. The standard InChI is InChI=1S/C25H24N4O5S/c1-17(30)26-21-14-13-20(35(33)19-11-7-4-8-12-19)16-22(21)27-24(29-25(32)34-2)28-23(31)15-18-9-5-3-6-10-18/h3-14,16H,15H2,1-2H3,(H,26,30)(H2,27,28,29,31,32). The minimum absolute atomic E-state index is 0.0410. The molecule has 0 saturated carbocycles. The number of carbonyl (C=O) groups excluding carboxylic acids is 3. The Morgan fingerprint density at radius 2 is 1.54 bits per heavy atom. The molecule has 1 unspecified atom stereocenters. The van der Waals surface area contributed by atoms with Crippen LogP contribution in [0.3, 0.4) is 0 Å². The maximum Gasteiger partial charge on any atom is 0.436 e. The van der Waals surface area contributed by atoms with Gasteiger partial charge >= 0.3 is 6.09 Å². The highest BCUT2D eigenvalue weighted by molar-refractivity contribution is 7.91. The van der Waals surface area contributed by atoms with Gasteiger partial charge in [0.2, 0.25) is 17.8 Å². The highest BCUT2D eigenvalue weighted by Crippen LogP contribution is 2.29. The van der Waals surface area contributed by atoms with Crippen LogP contribution < -0.4 is 16.0 Å². The minimum Gasteiger partial charge on any atom is -0.606 e. The van der Waals surface area contributed by atoms with Crippen molar-refractivity contribution in [2.24, 2.45) is 4.99 Å². The van der Waals surface area contributed by atoms with Gasteiger partial charge in [0.05, 0.1) is 24.9 Å². The molecular formula is C25H24N4O5S. The van der Waals surface area contributed by atoms with Gasteiger partial charge < -0.3 is 19.9 Å². The van der Waals surface area contributed by atoms with Crippen LogP contribution >= 0.6 is 0 Å². The first-order valence-corrected chi connectivity index (χ1v) is 11.7. The van der Waals surface area contributed by atoms with Gasteiger partial charge in [0.25, 0.3) is 0 Å². The number of ether oxygens (including phenoxy) is 1. The second-order valence-corrected chi connectivity index (χ2v) is 8.72. The third-order valence-corrected chi connectivity index (χ3v) is 5.95. The molecule has 10 heteroatoms. The van der Waals surface area contributed by atoms with Crippen molar-refractivity contribution in [3.8, 4) is 0 Å². The lowest BCUT2D eigenvalue weighted by atomic mass is 10.1. The Bertz CT molecular complexity index is 1220. The monoisotopic (exact) mass is 492 g/mol. The van der Waals surface area contributed by atoms with E-state index in [2.05, 4.69) is 25.7 Å². The molecule has 0 aliphatic carbocycles. The number of guanidine groups is 1. The van der Waals surface area contributed by atoms with E-state index in [1.54, 1.807) is 54.6 Å². The number of methoxy groups -OCH3 is 1. The summed E-state index contributed by atoms with van der Waals surface area (Å²) in [6, 6.07) is 22.6. The first-order chi connectivity index (χ1) is 16.9. The molecule has 0 aliphatic rings. The Balaban J connectivity index is 1.91. The largest absolute Gasteiger partial charge is 0.606 e. The van der Waals surface area contributed by atoms with Crippen molar-refractivity contribution in [3.63, 3.8) is 0 Å². The van der Waals surface area contributed by atoms with E-state index < -0.39 is 23.2 Å². The van der Waals surface area contributed by atoms with Crippen LogP contribution in [0.1, 0.15) is 12.5 Å². The van der Waals surface area contributed by atoms with Crippen LogP contribution in [0.2, 0.25) is 0 Å². The van der Waals surface area contributed by atoms with Crippen LogP contribution in [0.25, 0.3) is 0 Å². The second kappa shape index (κ2) is 12.4. The van der Waals surface area contributed by atoms with Gasteiger partial charge in [0, 0.05) is 24.2 Å². The van der Waals surface area contributed by atoms with Gasteiger partial charge in [-0.05, 0) is 29.8 Å². The molecule has 0 fully saturated rings. The topological polar surface area (TPSA) is 132 Å². The van der Waals surface area contributed by atoms with Gasteiger partial charge in [-0.3, -0.25) is 14.9 Å². The normalized spacial score (nSPS) is 11.8. The van der Waals surface area contributed by atoms with Crippen molar-refractivity contribution in [1.82, 2.24) is 5.32 Å². The quantitative estimate of drug-likeness (QED) is 0.273. The summed E-state index contributed by atoms with van der Waals surface area (Å²) in [7, 11) is 1.15. The van der Waals surface area contributed by atoms with Gasteiger partial charge in [0.1, 0.15) is 0 Å². The molecule has 3 aromatic carbocycles. The summed E-state index contributed by atoms with van der Waals surface area (Å²) < 4.78 is 17.6. The molecule has 0 aromatic heterocycles. The van der Waals surface area contributed by atoms with Gasteiger partial charge in [-0.15, -0.1) is 4.99 Å². The molecule has 3 aromatic rings. The Morgan fingerprint density at radius 1 is 0.886 bits per heavy atom. The zero-order valence-electron chi connectivity index (χ0n) is 19.1. The summed E-state index contributed by atoms with van der Waals surface area (Å²) in [5, 5.41) is 8.06. The average Bonchev–Trinajstić information content (AvgIpc) is 2.85. The van der Waals surface area contributed by atoms with Gasteiger partial charge in [-0.1, -0.05) is 48.5 Å². The zero-order chi connectivity index (χ0) is 25.2. The van der Waals surface area contributed by atoms with E-state index in [-0.39, 0.29) is 24.0 Å². The Kier molecular flexibility index (Phi) is 8.99. The number of hydrogen-bond acceptors (Lipinski definition) is 5. The smallest absolute Gasteiger partial charge is 0.436 e. The number of amides is 3. The van der Waals surface area contributed by atoms with Crippen molar-refractivity contribution in [2.75, 3.05) is 17.7 Å². The summed E-state index contributed by atoms with van der Waals surface area (Å²) in [5.74, 6) is -0.993. The van der Waals surface area contributed by atoms with Crippen LogP contribution in [-0.4, -0.2) is 35.5 Å². The van der Waals surface area contributed by atoms with E-state index in [9.17, 15) is 18.9 Å². The third-order valence-electron chi connectivity index (χ3n) is 4.57. The lowest BCUT2D eigenvalue weighted by molar-refractivity contribution is -0.119. The zero-order valence-corrected chi connectivity index (χ0v) is 19.9. The Labute approximate surface area is 205 Å². The molecule has 3 rings (SSSR count). The lowest BCUT2D eigenvalue weighted by Crippen LogP contribution is -2.37. The summed E-state index contributed by atoms with van der Waals surface area (Å²) in [6.07, 6.45) is -0.906. The molecule has 0 saturated heterocycles. The number of nitrogens with one attached hydrogen (secondary N) is 3. The molecule has 0 heterocycles. The van der Waals surface area contributed by atoms with Crippen LogP contribution in [-0.2, 0) is 31.9 Å². The number of carbonyl (C=O) groups is 3. The molecule has 0 aliphatic heterocycles. The minimum atomic E-state index is -1.51. The fraction of sp³-hybridized carbons (Fsp3) is 0.120. The number of aliphatic imine (C=N–C) groups is 1. The fourth-order valence-corrected chi connectivity index (χ4v) is 4.12. The highest BCUT2D eigenvalue weighted by atomic mass is 32.2. The molecule has 35 heavy (non-hydrogen) atoms. The van der Waals surface area contributed by atoms with E-state index in [1.165, 1.54) is 6.92 Å². The summed E-state index contributed by atoms with van der Waals surface area (Å²) >= 11 is -1.51. The maximum absolute atomic E-state index is 13.0. The molecule has 0 spiro atoms. The van der Waals surface area contributed by atoms with Gasteiger partial charge in [0.15, 0.2) is 9.79 Å². The molecule has 3 N–H and O–H groups in total. The van der Waals surface area contributed by atoms with Crippen LogP contribution in [0.15, 0.2) is 93.6 Å². The van der Waals surface area contributed by atoms with Crippen LogP contribution in [0, 0.1) is 0 Å². The first kappa shape index (κ1) is 25.5. The Hall–Kier alpha value is -4.15. The van der Waals surface area contributed by atoms with Crippen LogP contribution in [0.5, 0.6) is 0 Å². The van der Waals surface area contributed by atoms with Gasteiger partial charge in [-0.25, -0.2) is 4.79 Å². The van der Waals surface area contributed by atoms with E-state index in [4.69, 9.17) is 0 Å². The number of hydrogen-bond donors (Lipinski definition) is 3. The van der Waals surface area contributed by atoms with Crippen molar-refractivity contribution in [2.45, 2.75) is 23.1 Å². The predicted octanol–water partition coefficient (Wildman–Crippen LogP) is 3.70. The SMILES string of the molecule is COC(=O)N=C(NC(=O)Cc1ccccc1)Nc1cc([S+]([O-])c2ccccc2)ccc1NC(C)=O. The number of rotatable bonds is 6. The van der Waals surface area contributed by atoms with Crippen molar-refractivity contribution in [3.05, 3.63) is 84.4 Å². The van der Waals surface area contributed by atoms with Crippen molar-refractivity contribution in [1.29, 1.82) is 0 Å². The molecule has 3 amide bonds. The van der Waals surface area contributed by atoms with E-state index in [0.29, 0.717) is 15.5 Å². The average molecular weight is 493 g/mol. The summed E-state index contributed by atoms with van der Waals surface area (Å²) in [4.78, 5) is 41.0. The molecule has 1 atom stereocenters. The number of anilines is 2. The summed E-state index contributed by atoms with van der Waals surface area (Å²) in [5.41, 5.74) is 1.37. The number of nitrogens with zero attached hydrogens (tertiary/aromatic N) is 1. The van der Waals surface area contributed by atoms with Crippen molar-refractivity contribution < 1.29 is 23.7 Å². The second-order valence-electron chi connectivity index (χ2n) is 7.24. The summed E-state index contributed by atoms with van der Waals surface area (Å²) in [6.45, 7) is 1.34. The first-order valence-electron chi connectivity index (χ1n) is 10.5. The maximum atomic E-state index is 13.0. The van der Waals surface area contributed by atoms with E-state index >= 15 is 0 Å². The van der Waals surface area contributed by atoms with E-state index in [1.807, 2.05) is 24.3 Å². The third kappa shape index (κ3) is 7.70. The number of benzene rings is 3. The van der Waals surface area contributed by atoms with Crippen molar-refractivity contribution >= 4 is 46.4 Å². The molecular weight excluding hydrogens is 468 g/mol. The molecule has 180 valence electrons. The molecule has 0 bridgehead atoms. The van der Waals surface area contributed by atoms with E-state index in [0.717, 1.165) is 12.7 Å². The highest BCUT2D eigenvalue weighted by Gasteiger charge is 2.19. The van der Waals surface area contributed by atoms with Crippen LogP contribution in [0.4, 0.5) is 16.2 Å². The molecule has 9 nitrogen and oxygen atoms in total. The molecule has 0 radical (unpaired) electrons.